The smallest absolute Gasteiger partial charge is 0.127 e. The van der Waals surface area contributed by atoms with Crippen LogP contribution in [0.25, 0.3) is 10.8 Å². The van der Waals surface area contributed by atoms with Crippen LogP contribution in [0.15, 0.2) is 36.4 Å². The minimum absolute atomic E-state index is 0.540. The molecule has 0 aliphatic carbocycles. The van der Waals surface area contributed by atoms with E-state index in [0.29, 0.717) is 25.7 Å². The van der Waals surface area contributed by atoms with Gasteiger partial charge in [-0.25, -0.2) is 0 Å². The fourth-order valence-electron chi connectivity index (χ4n) is 2.17. The first kappa shape index (κ1) is 14.8. The second kappa shape index (κ2) is 7.27. The van der Waals surface area contributed by atoms with Gasteiger partial charge in [0.1, 0.15) is 12.4 Å². The molecule has 0 spiro atoms. The molecule has 0 aromatic heterocycles. The summed E-state index contributed by atoms with van der Waals surface area (Å²) < 4.78 is 11.4. The van der Waals surface area contributed by atoms with Gasteiger partial charge in [0.2, 0.25) is 0 Å². The van der Waals surface area contributed by atoms with Gasteiger partial charge in [-0.1, -0.05) is 44.2 Å². The van der Waals surface area contributed by atoms with Crippen LogP contribution in [0, 0.1) is 5.92 Å². The summed E-state index contributed by atoms with van der Waals surface area (Å²) in [7, 11) is 0. The summed E-state index contributed by atoms with van der Waals surface area (Å²) in [5.41, 5.74) is 6.92. The Hall–Kier alpha value is -1.58. The van der Waals surface area contributed by atoms with E-state index in [-0.39, 0.29) is 0 Å². The van der Waals surface area contributed by atoms with Crippen molar-refractivity contribution in [1.82, 2.24) is 0 Å². The Kier molecular flexibility index (Phi) is 5.39. The third-order valence-corrected chi connectivity index (χ3v) is 3.13. The predicted molar refractivity (Wildman–Crippen MR) is 83.0 cm³/mol. The second-order valence-corrected chi connectivity index (χ2v) is 5.29. The van der Waals surface area contributed by atoms with E-state index in [0.717, 1.165) is 28.7 Å². The average molecular weight is 273 g/mol. The van der Waals surface area contributed by atoms with Crippen molar-refractivity contribution < 1.29 is 9.47 Å². The molecule has 0 atom stereocenters. The van der Waals surface area contributed by atoms with E-state index < -0.39 is 0 Å². The fraction of sp³-hybridized carbons (Fsp3) is 0.412. The number of rotatable bonds is 7. The molecule has 0 aliphatic heterocycles. The summed E-state index contributed by atoms with van der Waals surface area (Å²) in [5, 5.41) is 2.27. The highest BCUT2D eigenvalue weighted by Crippen LogP contribution is 2.28. The maximum atomic E-state index is 5.83. The number of ether oxygens (including phenoxy) is 2. The lowest BCUT2D eigenvalue weighted by Crippen LogP contribution is -2.10. The number of hydrogen-bond acceptors (Lipinski definition) is 3. The Labute approximate surface area is 120 Å². The van der Waals surface area contributed by atoms with Crippen molar-refractivity contribution in [3.63, 3.8) is 0 Å². The highest BCUT2D eigenvalue weighted by atomic mass is 16.5. The zero-order chi connectivity index (χ0) is 14.4. The Balaban J connectivity index is 2.03. The monoisotopic (exact) mass is 273 g/mol. The van der Waals surface area contributed by atoms with Gasteiger partial charge in [-0.05, 0) is 22.9 Å². The third-order valence-electron chi connectivity index (χ3n) is 3.13. The SMILES string of the molecule is CC(C)COCCOc1ccc(CN)c2ccccc12. The molecule has 0 bridgehead atoms. The molecule has 0 unspecified atom stereocenters. The van der Waals surface area contributed by atoms with Crippen molar-refractivity contribution in [2.75, 3.05) is 19.8 Å². The molecule has 0 radical (unpaired) electrons. The summed E-state index contributed by atoms with van der Waals surface area (Å²) in [4.78, 5) is 0. The largest absolute Gasteiger partial charge is 0.491 e. The van der Waals surface area contributed by atoms with Crippen molar-refractivity contribution in [2.24, 2.45) is 11.7 Å². The fourth-order valence-corrected chi connectivity index (χ4v) is 2.17. The van der Waals surface area contributed by atoms with E-state index in [4.69, 9.17) is 15.2 Å². The molecule has 0 heterocycles. The zero-order valence-corrected chi connectivity index (χ0v) is 12.3. The van der Waals surface area contributed by atoms with Gasteiger partial charge in [-0.15, -0.1) is 0 Å². The average Bonchev–Trinajstić information content (AvgIpc) is 2.46. The van der Waals surface area contributed by atoms with Gasteiger partial charge in [-0.2, -0.15) is 0 Å². The van der Waals surface area contributed by atoms with Crippen LogP contribution in [0.3, 0.4) is 0 Å². The van der Waals surface area contributed by atoms with Gasteiger partial charge in [0.05, 0.1) is 6.61 Å². The lowest BCUT2D eigenvalue weighted by atomic mass is 10.0. The van der Waals surface area contributed by atoms with Crippen molar-refractivity contribution in [1.29, 1.82) is 0 Å². The Morgan fingerprint density at radius 1 is 1.00 bits per heavy atom. The minimum Gasteiger partial charge on any atom is -0.491 e. The first-order valence-electron chi connectivity index (χ1n) is 7.13. The van der Waals surface area contributed by atoms with E-state index in [2.05, 4.69) is 26.0 Å². The molecule has 0 amide bonds. The lowest BCUT2D eigenvalue weighted by molar-refractivity contribution is 0.0823. The summed E-state index contributed by atoms with van der Waals surface area (Å²) in [6.07, 6.45) is 0. The third kappa shape index (κ3) is 3.71. The molecule has 108 valence electrons. The molecule has 3 heteroatoms. The number of benzene rings is 2. The van der Waals surface area contributed by atoms with E-state index in [1.807, 2.05) is 24.3 Å². The predicted octanol–water partition coefficient (Wildman–Crippen LogP) is 3.35. The highest BCUT2D eigenvalue weighted by molar-refractivity contribution is 5.91. The van der Waals surface area contributed by atoms with E-state index >= 15 is 0 Å². The highest BCUT2D eigenvalue weighted by Gasteiger charge is 2.05. The Morgan fingerprint density at radius 3 is 2.45 bits per heavy atom. The standard InChI is InChI=1S/C17H23NO2/c1-13(2)12-19-9-10-20-17-8-7-14(11-18)15-5-3-4-6-16(15)17/h3-8,13H,9-12,18H2,1-2H3. The van der Waals surface area contributed by atoms with Gasteiger partial charge in [0.25, 0.3) is 0 Å². The quantitative estimate of drug-likeness (QED) is 0.787. The number of nitrogens with two attached hydrogens (primary N) is 1. The first-order valence-corrected chi connectivity index (χ1v) is 7.13. The first-order chi connectivity index (χ1) is 9.72. The van der Waals surface area contributed by atoms with Crippen LogP contribution in [0.5, 0.6) is 5.75 Å². The van der Waals surface area contributed by atoms with Crippen LogP contribution in [0.1, 0.15) is 19.4 Å². The summed E-state index contributed by atoms with van der Waals surface area (Å²) in [6, 6.07) is 12.2. The molecule has 2 N–H and O–H groups in total. The Bertz CT molecular complexity index is 552. The van der Waals surface area contributed by atoms with E-state index in [1.165, 1.54) is 0 Å². The molecular weight excluding hydrogens is 250 g/mol. The topological polar surface area (TPSA) is 44.5 Å². The van der Waals surface area contributed by atoms with Crippen molar-refractivity contribution >= 4 is 10.8 Å². The molecule has 2 aromatic rings. The Morgan fingerprint density at radius 2 is 1.75 bits per heavy atom. The van der Waals surface area contributed by atoms with Crippen LogP contribution in [-0.4, -0.2) is 19.8 Å². The van der Waals surface area contributed by atoms with Crippen molar-refractivity contribution in [3.8, 4) is 5.75 Å². The molecule has 0 saturated heterocycles. The molecule has 0 fully saturated rings. The van der Waals surface area contributed by atoms with Crippen LogP contribution < -0.4 is 10.5 Å². The molecule has 3 nitrogen and oxygen atoms in total. The van der Waals surface area contributed by atoms with Crippen LogP contribution in [0.2, 0.25) is 0 Å². The van der Waals surface area contributed by atoms with Gasteiger partial charge >= 0.3 is 0 Å². The van der Waals surface area contributed by atoms with Crippen LogP contribution >= 0.6 is 0 Å². The van der Waals surface area contributed by atoms with Crippen LogP contribution in [-0.2, 0) is 11.3 Å². The maximum absolute atomic E-state index is 5.83. The normalized spacial score (nSPS) is 11.2. The van der Waals surface area contributed by atoms with Crippen LogP contribution in [0.4, 0.5) is 0 Å². The number of hydrogen-bond donors (Lipinski definition) is 1. The lowest BCUT2D eigenvalue weighted by Gasteiger charge is -2.12. The van der Waals surface area contributed by atoms with Gasteiger partial charge in [0.15, 0.2) is 0 Å². The van der Waals surface area contributed by atoms with E-state index in [1.54, 1.807) is 0 Å². The maximum Gasteiger partial charge on any atom is 0.127 e. The van der Waals surface area contributed by atoms with Gasteiger partial charge in [0, 0.05) is 18.5 Å². The van der Waals surface area contributed by atoms with Crippen molar-refractivity contribution in [3.05, 3.63) is 42.0 Å². The molecule has 20 heavy (non-hydrogen) atoms. The zero-order valence-electron chi connectivity index (χ0n) is 12.3. The molecule has 2 aromatic carbocycles. The molecular formula is C17H23NO2. The summed E-state index contributed by atoms with van der Waals surface area (Å²) in [6.45, 7) is 6.78. The van der Waals surface area contributed by atoms with Gasteiger partial charge < -0.3 is 15.2 Å². The molecule has 2 rings (SSSR count). The number of fused-ring (bicyclic) bond motifs is 1. The summed E-state index contributed by atoms with van der Waals surface area (Å²) >= 11 is 0. The van der Waals surface area contributed by atoms with E-state index in [9.17, 15) is 0 Å². The molecule has 0 saturated carbocycles. The molecule has 0 aliphatic rings. The minimum atomic E-state index is 0.540. The summed E-state index contributed by atoms with van der Waals surface area (Å²) in [5.74, 6) is 1.45. The van der Waals surface area contributed by atoms with Crippen molar-refractivity contribution in [2.45, 2.75) is 20.4 Å². The van der Waals surface area contributed by atoms with Gasteiger partial charge in [-0.3, -0.25) is 0 Å². The second-order valence-electron chi connectivity index (χ2n) is 5.29.